The Bertz CT molecular complexity index is 1140. The van der Waals surface area contributed by atoms with E-state index in [0.717, 1.165) is 11.1 Å². The lowest BCUT2D eigenvalue weighted by Crippen LogP contribution is -2.42. The van der Waals surface area contributed by atoms with Gasteiger partial charge in [0, 0.05) is 18.2 Å². The highest BCUT2D eigenvalue weighted by molar-refractivity contribution is 7.95. The second-order valence-corrected chi connectivity index (χ2v) is 10.3. The van der Waals surface area contributed by atoms with Crippen molar-refractivity contribution in [1.29, 1.82) is 0 Å². The van der Waals surface area contributed by atoms with Crippen LogP contribution in [0.3, 0.4) is 0 Å². The van der Waals surface area contributed by atoms with Crippen molar-refractivity contribution in [2.75, 3.05) is 29.4 Å². The van der Waals surface area contributed by atoms with Crippen LogP contribution in [0.1, 0.15) is 24.5 Å². The Labute approximate surface area is 187 Å². The van der Waals surface area contributed by atoms with Crippen LogP contribution in [-0.4, -0.2) is 44.8 Å². The number of ether oxygens (including phenoxy) is 2. The van der Waals surface area contributed by atoms with Crippen LogP contribution in [0.5, 0.6) is 5.75 Å². The molecule has 8 nitrogen and oxygen atoms in total. The van der Waals surface area contributed by atoms with Crippen molar-refractivity contribution in [2.24, 2.45) is 5.92 Å². The minimum atomic E-state index is -3.86. The Hall–Kier alpha value is -3.07. The maximum absolute atomic E-state index is 13.5. The normalized spacial score (nSPS) is 22.7. The van der Waals surface area contributed by atoms with Crippen molar-refractivity contribution < 1.29 is 27.5 Å². The zero-order valence-corrected chi connectivity index (χ0v) is 19.1. The van der Waals surface area contributed by atoms with E-state index in [4.69, 9.17) is 9.47 Å². The molecule has 0 radical (unpaired) electrons. The Morgan fingerprint density at radius 1 is 1.12 bits per heavy atom. The Kier molecular flexibility index (Phi) is 5.62. The highest BCUT2D eigenvalue weighted by Crippen LogP contribution is 2.59. The molecule has 2 aliphatic rings. The summed E-state index contributed by atoms with van der Waals surface area (Å²) in [6.07, 6.45) is 0.323. The molecule has 2 aromatic rings. The van der Waals surface area contributed by atoms with Gasteiger partial charge in [0.1, 0.15) is 5.75 Å². The van der Waals surface area contributed by atoms with Gasteiger partial charge < -0.3 is 14.8 Å². The summed E-state index contributed by atoms with van der Waals surface area (Å²) in [5, 5.41) is 2.74. The monoisotopic (exact) mass is 458 g/mol. The van der Waals surface area contributed by atoms with E-state index in [1.807, 2.05) is 32.0 Å². The standard InChI is InChI=1S/C23H26N2O6S/c1-4-30-20(26)14-31-19-10-8-18(9-11-19)24-22(27)23-12-17(23)13-25(32(23,28)29)21-15(2)6-5-7-16(21)3/h5-11,17H,4,12-14H2,1-3H3,(H,24,27)/t17-,23+/m0/s1. The molecule has 32 heavy (non-hydrogen) atoms. The number of nitrogens with zero attached hydrogens (tertiary/aromatic N) is 1. The number of carbonyl (C=O) groups is 2. The van der Waals surface area contributed by atoms with E-state index in [-0.39, 0.29) is 19.1 Å². The van der Waals surface area contributed by atoms with Crippen molar-refractivity contribution in [3.63, 3.8) is 0 Å². The molecule has 9 heteroatoms. The summed E-state index contributed by atoms with van der Waals surface area (Å²) in [6.45, 7) is 5.84. The molecule has 0 aromatic heterocycles. The molecule has 1 saturated heterocycles. The van der Waals surface area contributed by atoms with E-state index >= 15 is 0 Å². The summed E-state index contributed by atoms with van der Waals surface area (Å²) in [5.74, 6) is -0.785. The average molecular weight is 459 g/mol. The van der Waals surface area contributed by atoms with E-state index in [9.17, 15) is 18.0 Å². The lowest BCUT2D eigenvalue weighted by molar-refractivity contribution is -0.145. The van der Waals surface area contributed by atoms with E-state index < -0.39 is 26.6 Å². The number of rotatable bonds is 7. The van der Waals surface area contributed by atoms with Crippen molar-refractivity contribution in [2.45, 2.75) is 31.9 Å². The molecular weight excluding hydrogens is 432 g/mol. The highest BCUT2D eigenvalue weighted by Gasteiger charge is 2.75. The van der Waals surface area contributed by atoms with Crippen molar-refractivity contribution in [1.82, 2.24) is 0 Å². The molecule has 1 heterocycles. The fraction of sp³-hybridized carbons (Fsp3) is 0.391. The summed E-state index contributed by atoms with van der Waals surface area (Å²) in [4.78, 5) is 24.5. The van der Waals surface area contributed by atoms with Crippen LogP contribution in [0.2, 0.25) is 0 Å². The predicted octanol–water partition coefficient (Wildman–Crippen LogP) is 2.79. The van der Waals surface area contributed by atoms with Gasteiger partial charge in [-0.05, 0) is 62.6 Å². The van der Waals surface area contributed by atoms with Crippen molar-refractivity contribution in [3.8, 4) is 5.75 Å². The van der Waals surface area contributed by atoms with Gasteiger partial charge in [-0.15, -0.1) is 0 Å². The second kappa shape index (κ2) is 8.12. The zero-order valence-electron chi connectivity index (χ0n) is 18.3. The fourth-order valence-corrected chi connectivity index (χ4v) is 6.84. The molecular formula is C23H26N2O6S. The topological polar surface area (TPSA) is 102 Å². The van der Waals surface area contributed by atoms with Crippen LogP contribution in [0.15, 0.2) is 42.5 Å². The van der Waals surface area contributed by atoms with Gasteiger partial charge >= 0.3 is 5.97 Å². The van der Waals surface area contributed by atoms with Crippen LogP contribution < -0.4 is 14.4 Å². The number of carbonyl (C=O) groups excluding carboxylic acids is 2. The van der Waals surface area contributed by atoms with Gasteiger partial charge in [-0.3, -0.25) is 9.10 Å². The minimum Gasteiger partial charge on any atom is -0.482 e. The van der Waals surface area contributed by atoms with Crippen LogP contribution in [0.4, 0.5) is 11.4 Å². The third-order valence-electron chi connectivity index (χ3n) is 6.03. The Morgan fingerprint density at radius 3 is 2.41 bits per heavy atom. The SMILES string of the molecule is CCOC(=O)COc1ccc(NC(=O)[C@@]23C[C@H]2CN(c2c(C)cccc2C)S3(=O)=O)cc1. The summed E-state index contributed by atoms with van der Waals surface area (Å²) in [5.41, 5.74) is 2.85. The smallest absolute Gasteiger partial charge is 0.344 e. The number of sulfonamides is 1. The van der Waals surface area contributed by atoms with Gasteiger partial charge in [-0.1, -0.05) is 18.2 Å². The summed E-state index contributed by atoms with van der Waals surface area (Å²) in [6, 6.07) is 12.1. The molecule has 0 spiro atoms. The lowest BCUT2D eigenvalue weighted by atomic mass is 10.1. The molecule has 1 aliphatic carbocycles. The maximum Gasteiger partial charge on any atom is 0.344 e. The molecule has 2 atom stereocenters. The molecule has 0 bridgehead atoms. The summed E-state index contributed by atoms with van der Waals surface area (Å²) in [7, 11) is -3.86. The van der Waals surface area contributed by atoms with Gasteiger partial charge in [-0.2, -0.15) is 0 Å². The zero-order chi connectivity index (χ0) is 23.1. The first-order valence-electron chi connectivity index (χ1n) is 10.5. The van der Waals surface area contributed by atoms with Crippen molar-refractivity contribution in [3.05, 3.63) is 53.6 Å². The first-order valence-corrected chi connectivity index (χ1v) is 11.9. The number of amides is 1. The largest absolute Gasteiger partial charge is 0.482 e. The molecule has 2 fully saturated rings. The summed E-state index contributed by atoms with van der Waals surface area (Å²) < 4.78 is 37.0. The van der Waals surface area contributed by atoms with E-state index in [1.54, 1.807) is 31.2 Å². The van der Waals surface area contributed by atoms with E-state index in [2.05, 4.69) is 5.32 Å². The van der Waals surface area contributed by atoms with Gasteiger partial charge in [0.25, 0.3) is 0 Å². The molecule has 1 aliphatic heterocycles. The number of hydrogen-bond acceptors (Lipinski definition) is 6. The van der Waals surface area contributed by atoms with Crippen LogP contribution in [0.25, 0.3) is 0 Å². The number of fused-ring (bicyclic) bond motifs is 1. The predicted molar refractivity (Wildman–Crippen MR) is 120 cm³/mol. The number of benzene rings is 2. The molecule has 4 rings (SSSR count). The first-order chi connectivity index (χ1) is 15.2. The molecule has 2 aromatic carbocycles. The number of aryl methyl sites for hydroxylation is 2. The van der Waals surface area contributed by atoms with Crippen LogP contribution in [0, 0.1) is 19.8 Å². The fourth-order valence-electron chi connectivity index (χ4n) is 4.35. The lowest BCUT2D eigenvalue weighted by Gasteiger charge is -2.26. The molecule has 1 amide bonds. The third-order valence-corrected chi connectivity index (χ3v) is 8.55. The number of nitrogens with one attached hydrogen (secondary N) is 1. The number of anilines is 2. The highest BCUT2D eigenvalue weighted by atomic mass is 32.2. The van der Waals surface area contributed by atoms with Gasteiger partial charge in [0.15, 0.2) is 11.4 Å². The number of para-hydroxylation sites is 1. The van der Waals surface area contributed by atoms with E-state index in [0.29, 0.717) is 30.1 Å². The van der Waals surface area contributed by atoms with Crippen molar-refractivity contribution >= 4 is 33.3 Å². The Balaban J connectivity index is 1.47. The van der Waals surface area contributed by atoms with E-state index in [1.165, 1.54) is 4.31 Å². The number of hydrogen-bond donors (Lipinski definition) is 1. The molecule has 170 valence electrons. The average Bonchev–Trinajstić information content (AvgIpc) is 3.44. The van der Waals surface area contributed by atoms with Crippen LogP contribution >= 0.6 is 0 Å². The molecule has 0 unspecified atom stereocenters. The summed E-state index contributed by atoms with van der Waals surface area (Å²) >= 11 is 0. The number of esters is 1. The third kappa shape index (κ3) is 3.60. The Morgan fingerprint density at radius 2 is 1.78 bits per heavy atom. The maximum atomic E-state index is 13.5. The van der Waals surface area contributed by atoms with Gasteiger partial charge in [-0.25, -0.2) is 13.2 Å². The molecule has 1 N–H and O–H groups in total. The molecule has 1 saturated carbocycles. The first kappa shape index (κ1) is 22.1. The van der Waals surface area contributed by atoms with Gasteiger partial charge in [0.05, 0.1) is 12.3 Å². The van der Waals surface area contributed by atoms with Gasteiger partial charge in [0.2, 0.25) is 15.9 Å². The van der Waals surface area contributed by atoms with Crippen LogP contribution in [-0.2, 0) is 24.3 Å². The second-order valence-electron chi connectivity index (χ2n) is 8.14. The quantitative estimate of drug-likeness (QED) is 0.640. The minimum absolute atomic E-state index is 0.212.